The third kappa shape index (κ3) is 3.86. The summed E-state index contributed by atoms with van der Waals surface area (Å²) in [7, 11) is 1.65. The number of halogens is 4. The van der Waals surface area contributed by atoms with Gasteiger partial charge in [0.15, 0.2) is 11.6 Å². The number of carbonyl (C=O) groups excluding carboxylic acids is 1. The maximum atomic E-state index is 14.2. The van der Waals surface area contributed by atoms with Crippen molar-refractivity contribution in [2.45, 2.75) is 19.0 Å². The van der Waals surface area contributed by atoms with Crippen molar-refractivity contribution in [2.75, 3.05) is 18.5 Å². The van der Waals surface area contributed by atoms with Gasteiger partial charge in [-0.2, -0.15) is 5.26 Å². The van der Waals surface area contributed by atoms with Crippen LogP contribution in [0.3, 0.4) is 0 Å². The van der Waals surface area contributed by atoms with E-state index in [0.29, 0.717) is 18.3 Å². The van der Waals surface area contributed by atoms with E-state index < -0.39 is 17.5 Å². The SMILES string of the molecule is CN1C[C@@H](N(Cc2cc(F)cc(F)c2F)c2ccc(C#N)c(Cl)c2)CC1=O. The van der Waals surface area contributed by atoms with Crippen molar-refractivity contribution in [1.82, 2.24) is 4.90 Å². The van der Waals surface area contributed by atoms with E-state index in [9.17, 15) is 18.0 Å². The van der Waals surface area contributed by atoms with Crippen molar-refractivity contribution in [3.05, 3.63) is 63.9 Å². The second-order valence-electron chi connectivity index (χ2n) is 6.40. The largest absolute Gasteiger partial charge is 0.362 e. The van der Waals surface area contributed by atoms with Crippen LogP contribution in [0.25, 0.3) is 0 Å². The lowest BCUT2D eigenvalue weighted by Gasteiger charge is -2.31. The normalized spacial score (nSPS) is 16.5. The van der Waals surface area contributed by atoms with Crippen molar-refractivity contribution in [1.29, 1.82) is 5.26 Å². The summed E-state index contributed by atoms with van der Waals surface area (Å²) in [6.45, 7) is 0.213. The molecule has 0 aromatic heterocycles. The second-order valence-corrected chi connectivity index (χ2v) is 6.80. The number of nitrogens with zero attached hydrogens (tertiary/aromatic N) is 3. The number of benzene rings is 2. The monoisotopic (exact) mass is 393 g/mol. The molecule has 2 aromatic rings. The van der Waals surface area contributed by atoms with E-state index >= 15 is 0 Å². The molecule has 4 nitrogen and oxygen atoms in total. The number of nitriles is 1. The molecule has 1 atom stereocenters. The van der Waals surface area contributed by atoms with Gasteiger partial charge >= 0.3 is 0 Å². The summed E-state index contributed by atoms with van der Waals surface area (Å²) in [5, 5.41) is 9.23. The van der Waals surface area contributed by atoms with Gasteiger partial charge in [-0.05, 0) is 24.3 Å². The number of amides is 1. The molecule has 0 radical (unpaired) electrons. The summed E-state index contributed by atoms with van der Waals surface area (Å²) in [4.78, 5) is 15.2. The van der Waals surface area contributed by atoms with Gasteiger partial charge in [-0.1, -0.05) is 11.6 Å². The van der Waals surface area contributed by atoms with Gasteiger partial charge in [0.25, 0.3) is 0 Å². The van der Waals surface area contributed by atoms with E-state index in [1.54, 1.807) is 18.0 Å². The molecular formula is C19H15ClF3N3O. The molecule has 0 unspecified atom stereocenters. The van der Waals surface area contributed by atoms with Crippen LogP contribution in [-0.2, 0) is 11.3 Å². The van der Waals surface area contributed by atoms with Gasteiger partial charge in [-0.15, -0.1) is 0 Å². The Kier molecular flexibility index (Phi) is 5.29. The van der Waals surface area contributed by atoms with Crippen molar-refractivity contribution in [2.24, 2.45) is 0 Å². The van der Waals surface area contributed by atoms with Crippen LogP contribution in [0.4, 0.5) is 18.9 Å². The van der Waals surface area contributed by atoms with Gasteiger partial charge in [0.2, 0.25) is 5.91 Å². The summed E-state index contributed by atoms with van der Waals surface area (Å²) in [5.74, 6) is -3.39. The standard InChI is InChI=1S/C19H15ClF3N3O/c1-25-10-15(7-18(25)27)26(14-3-2-11(8-24)16(20)6-14)9-12-4-13(21)5-17(22)19(12)23/h2-6,15H,7,9-10H2,1H3/t15-/m0/s1. The fourth-order valence-corrected chi connectivity index (χ4v) is 3.38. The van der Waals surface area contributed by atoms with Gasteiger partial charge in [-0.25, -0.2) is 13.2 Å². The van der Waals surface area contributed by atoms with E-state index in [1.165, 1.54) is 17.0 Å². The predicted molar refractivity (Wildman–Crippen MR) is 94.7 cm³/mol. The van der Waals surface area contributed by atoms with Crippen LogP contribution in [-0.4, -0.2) is 30.4 Å². The molecule has 0 spiro atoms. The van der Waals surface area contributed by atoms with E-state index in [-0.39, 0.29) is 41.1 Å². The first-order valence-electron chi connectivity index (χ1n) is 8.14. The van der Waals surface area contributed by atoms with Crippen LogP contribution in [0.5, 0.6) is 0 Å². The van der Waals surface area contributed by atoms with Crippen molar-refractivity contribution < 1.29 is 18.0 Å². The zero-order valence-electron chi connectivity index (χ0n) is 14.3. The smallest absolute Gasteiger partial charge is 0.224 e. The molecule has 27 heavy (non-hydrogen) atoms. The highest BCUT2D eigenvalue weighted by Crippen LogP contribution is 2.30. The van der Waals surface area contributed by atoms with Crippen LogP contribution < -0.4 is 4.90 Å². The average molecular weight is 394 g/mol. The van der Waals surface area contributed by atoms with E-state index in [1.807, 2.05) is 6.07 Å². The Balaban J connectivity index is 2.02. The maximum absolute atomic E-state index is 14.2. The minimum absolute atomic E-state index is 0.0874. The fourth-order valence-electron chi connectivity index (χ4n) is 3.16. The van der Waals surface area contributed by atoms with Crippen LogP contribution >= 0.6 is 11.6 Å². The van der Waals surface area contributed by atoms with Crippen LogP contribution in [0.15, 0.2) is 30.3 Å². The molecule has 0 aliphatic carbocycles. The summed E-state index contributed by atoms with van der Waals surface area (Å²) in [6.07, 6.45) is 0.174. The minimum atomic E-state index is -1.28. The molecule has 3 rings (SSSR count). The fraction of sp³-hybridized carbons (Fsp3) is 0.263. The predicted octanol–water partition coefficient (Wildman–Crippen LogP) is 3.87. The molecule has 2 aromatic carbocycles. The Labute approximate surface area is 159 Å². The van der Waals surface area contributed by atoms with Gasteiger partial charge in [-0.3, -0.25) is 4.79 Å². The summed E-state index contributed by atoms with van der Waals surface area (Å²) < 4.78 is 41.4. The summed E-state index contributed by atoms with van der Waals surface area (Å²) in [5.41, 5.74) is 0.620. The second kappa shape index (κ2) is 7.49. The van der Waals surface area contributed by atoms with Gasteiger partial charge < -0.3 is 9.80 Å². The van der Waals surface area contributed by atoms with Crippen molar-refractivity contribution in [3.63, 3.8) is 0 Å². The number of hydrogen-bond acceptors (Lipinski definition) is 3. The lowest BCUT2D eigenvalue weighted by Crippen LogP contribution is -2.37. The molecule has 0 N–H and O–H groups in total. The number of rotatable bonds is 4. The molecule has 140 valence electrons. The molecule has 1 aliphatic heterocycles. The third-order valence-corrected chi connectivity index (χ3v) is 4.89. The summed E-state index contributed by atoms with van der Waals surface area (Å²) >= 11 is 6.10. The topological polar surface area (TPSA) is 47.3 Å². The molecule has 1 saturated heterocycles. The van der Waals surface area contributed by atoms with E-state index in [2.05, 4.69) is 0 Å². The first kappa shape index (κ1) is 19.1. The molecule has 1 amide bonds. The highest BCUT2D eigenvalue weighted by Gasteiger charge is 2.32. The molecule has 1 fully saturated rings. The van der Waals surface area contributed by atoms with Crippen LogP contribution in [0, 0.1) is 28.8 Å². The van der Waals surface area contributed by atoms with Gasteiger partial charge in [0.1, 0.15) is 11.9 Å². The first-order valence-corrected chi connectivity index (χ1v) is 8.51. The number of likely N-dealkylation sites (tertiary alicyclic amines) is 1. The Hall–Kier alpha value is -2.72. The van der Waals surface area contributed by atoms with Crippen molar-refractivity contribution >= 4 is 23.2 Å². The van der Waals surface area contributed by atoms with Crippen LogP contribution in [0.2, 0.25) is 5.02 Å². The summed E-state index contributed by atoms with van der Waals surface area (Å²) in [6, 6.07) is 7.66. The average Bonchev–Trinajstić information content (AvgIpc) is 2.95. The lowest BCUT2D eigenvalue weighted by atomic mass is 10.1. The molecule has 1 aliphatic rings. The molecule has 1 heterocycles. The number of carbonyl (C=O) groups is 1. The van der Waals surface area contributed by atoms with Gasteiger partial charge in [0, 0.05) is 43.9 Å². The van der Waals surface area contributed by atoms with Crippen molar-refractivity contribution in [3.8, 4) is 6.07 Å². The zero-order chi connectivity index (χ0) is 19.7. The first-order chi connectivity index (χ1) is 12.8. The number of likely N-dealkylation sites (N-methyl/N-ethyl adjacent to an activating group) is 1. The number of anilines is 1. The van der Waals surface area contributed by atoms with Crippen LogP contribution in [0.1, 0.15) is 17.5 Å². The Morgan fingerprint density at radius 1 is 1.30 bits per heavy atom. The Bertz CT molecular complexity index is 945. The Morgan fingerprint density at radius 3 is 2.63 bits per heavy atom. The molecule has 8 heteroatoms. The minimum Gasteiger partial charge on any atom is -0.362 e. The Morgan fingerprint density at radius 2 is 2.04 bits per heavy atom. The quantitative estimate of drug-likeness (QED) is 0.741. The van der Waals surface area contributed by atoms with Gasteiger partial charge in [0.05, 0.1) is 16.6 Å². The lowest BCUT2D eigenvalue weighted by molar-refractivity contribution is -0.126. The third-order valence-electron chi connectivity index (χ3n) is 4.58. The highest BCUT2D eigenvalue weighted by molar-refractivity contribution is 6.32. The van der Waals surface area contributed by atoms with E-state index in [4.69, 9.17) is 16.9 Å². The molecule has 0 saturated carbocycles. The molecular weight excluding hydrogens is 379 g/mol. The highest BCUT2D eigenvalue weighted by atomic mass is 35.5. The number of hydrogen-bond donors (Lipinski definition) is 0. The molecule has 0 bridgehead atoms. The van der Waals surface area contributed by atoms with E-state index in [0.717, 1.165) is 6.07 Å². The zero-order valence-corrected chi connectivity index (χ0v) is 15.1. The maximum Gasteiger partial charge on any atom is 0.224 e.